The summed E-state index contributed by atoms with van der Waals surface area (Å²) in [7, 11) is 0. The third-order valence-corrected chi connectivity index (χ3v) is 3.05. The van der Waals surface area contributed by atoms with E-state index in [1.54, 1.807) is 0 Å². The SMILES string of the molecule is CC(C)CCCNc1c(N)n(CC(C)C)c(=O)[nH]c1=O. The van der Waals surface area contributed by atoms with Crippen LogP contribution < -0.4 is 22.3 Å². The molecule has 0 saturated carbocycles. The van der Waals surface area contributed by atoms with Crippen LogP contribution in [0.25, 0.3) is 0 Å². The summed E-state index contributed by atoms with van der Waals surface area (Å²) in [5.74, 6) is 1.12. The molecule has 6 heteroatoms. The van der Waals surface area contributed by atoms with Crippen molar-refractivity contribution in [3.63, 3.8) is 0 Å². The van der Waals surface area contributed by atoms with Crippen molar-refractivity contribution in [2.24, 2.45) is 11.8 Å². The summed E-state index contributed by atoms with van der Waals surface area (Å²) in [5, 5.41) is 3.05. The number of aromatic nitrogens is 2. The van der Waals surface area contributed by atoms with Crippen LogP contribution in [0, 0.1) is 11.8 Å². The zero-order valence-electron chi connectivity index (χ0n) is 12.8. The monoisotopic (exact) mass is 282 g/mol. The lowest BCUT2D eigenvalue weighted by Crippen LogP contribution is -2.35. The minimum absolute atomic E-state index is 0.219. The molecular weight excluding hydrogens is 256 g/mol. The van der Waals surface area contributed by atoms with E-state index in [-0.39, 0.29) is 11.7 Å². The van der Waals surface area contributed by atoms with Crippen LogP contribution in [-0.4, -0.2) is 16.1 Å². The molecule has 6 nitrogen and oxygen atoms in total. The van der Waals surface area contributed by atoms with Crippen molar-refractivity contribution in [1.82, 2.24) is 9.55 Å². The number of nitrogens with one attached hydrogen (secondary N) is 2. The Morgan fingerprint density at radius 3 is 2.40 bits per heavy atom. The summed E-state index contributed by atoms with van der Waals surface area (Å²) in [6, 6.07) is 0. The molecule has 1 rings (SSSR count). The molecule has 0 aromatic carbocycles. The number of hydrogen-bond donors (Lipinski definition) is 3. The third kappa shape index (κ3) is 4.43. The zero-order chi connectivity index (χ0) is 15.3. The predicted octanol–water partition coefficient (Wildman–Crippen LogP) is 1.62. The average molecular weight is 282 g/mol. The Bertz CT molecular complexity index is 543. The van der Waals surface area contributed by atoms with Gasteiger partial charge < -0.3 is 11.1 Å². The van der Waals surface area contributed by atoms with Crippen molar-refractivity contribution in [3.8, 4) is 0 Å². The lowest BCUT2D eigenvalue weighted by molar-refractivity contribution is 0.508. The van der Waals surface area contributed by atoms with Crippen LogP contribution in [0.2, 0.25) is 0 Å². The van der Waals surface area contributed by atoms with Crippen molar-refractivity contribution < 1.29 is 0 Å². The number of aromatic amines is 1. The minimum Gasteiger partial charge on any atom is -0.383 e. The van der Waals surface area contributed by atoms with Crippen molar-refractivity contribution in [1.29, 1.82) is 0 Å². The third-order valence-electron chi connectivity index (χ3n) is 3.05. The highest BCUT2D eigenvalue weighted by atomic mass is 16.2. The number of nitrogen functional groups attached to an aromatic ring is 1. The fraction of sp³-hybridized carbons (Fsp3) is 0.714. The van der Waals surface area contributed by atoms with E-state index in [1.165, 1.54) is 4.57 Å². The van der Waals surface area contributed by atoms with E-state index < -0.39 is 11.2 Å². The highest BCUT2D eigenvalue weighted by Crippen LogP contribution is 2.12. The molecule has 0 spiro atoms. The van der Waals surface area contributed by atoms with Crippen LogP contribution in [0.3, 0.4) is 0 Å². The molecule has 0 radical (unpaired) electrons. The summed E-state index contributed by atoms with van der Waals surface area (Å²) in [6.07, 6.45) is 2.04. The number of H-pyrrole nitrogens is 1. The maximum Gasteiger partial charge on any atom is 0.330 e. The molecule has 4 N–H and O–H groups in total. The maximum atomic E-state index is 11.8. The van der Waals surface area contributed by atoms with Gasteiger partial charge in [0.1, 0.15) is 11.5 Å². The van der Waals surface area contributed by atoms with E-state index >= 15 is 0 Å². The van der Waals surface area contributed by atoms with Gasteiger partial charge >= 0.3 is 5.69 Å². The Balaban J connectivity index is 2.90. The predicted molar refractivity (Wildman–Crippen MR) is 83.1 cm³/mol. The highest BCUT2D eigenvalue weighted by molar-refractivity contribution is 5.60. The van der Waals surface area contributed by atoms with Crippen LogP contribution >= 0.6 is 0 Å². The molecule has 1 aromatic rings. The van der Waals surface area contributed by atoms with Crippen LogP contribution in [0.4, 0.5) is 11.5 Å². The van der Waals surface area contributed by atoms with E-state index in [4.69, 9.17) is 5.73 Å². The molecule has 0 amide bonds. The molecule has 0 atom stereocenters. The van der Waals surface area contributed by atoms with Crippen molar-refractivity contribution in [2.45, 2.75) is 47.1 Å². The van der Waals surface area contributed by atoms with Crippen molar-refractivity contribution >= 4 is 11.5 Å². The van der Waals surface area contributed by atoms with Crippen molar-refractivity contribution in [2.75, 3.05) is 17.6 Å². The summed E-state index contributed by atoms with van der Waals surface area (Å²) in [4.78, 5) is 25.9. The van der Waals surface area contributed by atoms with Gasteiger partial charge in [-0.1, -0.05) is 27.7 Å². The Morgan fingerprint density at radius 1 is 1.20 bits per heavy atom. The maximum absolute atomic E-state index is 11.8. The van der Waals surface area contributed by atoms with Crippen LogP contribution in [-0.2, 0) is 6.54 Å². The van der Waals surface area contributed by atoms with Crippen LogP contribution in [0.15, 0.2) is 9.59 Å². The Hall–Kier alpha value is -1.72. The first-order valence-corrected chi connectivity index (χ1v) is 7.19. The summed E-state index contributed by atoms with van der Waals surface area (Å²) in [6.45, 7) is 9.46. The first-order valence-electron chi connectivity index (χ1n) is 7.19. The standard InChI is InChI=1S/C14H26N4O2/c1-9(2)6-5-7-16-11-12(15)18(8-10(3)4)14(20)17-13(11)19/h9-10,16H,5-8,15H2,1-4H3,(H,17,19,20). The quantitative estimate of drug-likeness (QED) is 0.663. The Kier molecular flexibility index (Phi) is 5.85. The number of nitrogens with two attached hydrogens (primary N) is 1. The molecule has 0 unspecified atom stereocenters. The smallest absolute Gasteiger partial charge is 0.330 e. The second-order valence-electron chi connectivity index (χ2n) is 5.99. The number of hydrogen-bond acceptors (Lipinski definition) is 4. The second-order valence-corrected chi connectivity index (χ2v) is 5.99. The molecule has 0 fully saturated rings. The zero-order valence-corrected chi connectivity index (χ0v) is 12.8. The lowest BCUT2D eigenvalue weighted by atomic mass is 10.1. The first kappa shape index (κ1) is 16.3. The highest BCUT2D eigenvalue weighted by Gasteiger charge is 2.12. The molecule has 0 aliphatic heterocycles. The largest absolute Gasteiger partial charge is 0.383 e. The van der Waals surface area contributed by atoms with Gasteiger partial charge in [0.2, 0.25) is 0 Å². The van der Waals surface area contributed by atoms with E-state index in [0.29, 0.717) is 24.7 Å². The fourth-order valence-corrected chi connectivity index (χ4v) is 2.03. The van der Waals surface area contributed by atoms with E-state index in [9.17, 15) is 9.59 Å². The van der Waals surface area contributed by atoms with Gasteiger partial charge in [-0.2, -0.15) is 0 Å². The van der Waals surface area contributed by atoms with Gasteiger partial charge in [-0.15, -0.1) is 0 Å². The summed E-state index contributed by atoms with van der Waals surface area (Å²) >= 11 is 0. The number of anilines is 2. The van der Waals surface area contributed by atoms with Gasteiger partial charge in [0.15, 0.2) is 0 Å². The Labute approximate surface area is 119 Å². The molecule has 0 saturated heterocycles. The lowest BCUT2D eigenvalue weighted by Gasteiger charge is -2.15. The van der Waals surface area contributed by atoms with Gasteiger partial charge in [-0.25, -0.2) is 4.79 Å². The van der Waals surface area contributed by atoms with E-state index in [0.717, 1.165) is 12.8 Å². The van der Waals surface area contributed by atoms with Gasteiger partial charge in [0.25, 0.3) is 5.56 Å². The summed E-state index contributed by atoms with van der Waals surface area (Å²) < 4.78 is 1.41. The number of rotatable bonds is 7. The topological polar surface area (TPSA) is 92.9 Å². The van der Waals surface area contributed by atoms with Gasteiger partial charge in [-0.3, -0.25) is 14.3 Å². The molecule has 0 aliphatic carbocycles. The average Bonchev–Trinajstić information content (AvgIpc) is 2.32. The minimum atomic E-state index is -0.450. The molecule has 0 bridgehead atoms. The Morgan fingerprint density at radius 2 is 1.85 bits per heavy atom. The molecule has 1 heterocycles. The molecular formula is C14H26N4O2. The van der Waals surface area contributed by atoms with Crippen molar-refractivity contribution in [3.05, 3.63) is 20.8 Å². The molecule has 20 heavy (non-hydrogen) atoms. The molecule has 114 valence electrons. The number of nitrogens with zero attached hydrogens (tertiary/aromatic N) is 1. The normalized spacial score (nSPS) is 11.3. The van der Waals surface area contributed by atoms with Gasteiger partial charge in [0, 0.05) is 13.1 Å². The molecule has 0 aliphatic rings. The summed E-state index contributed by atoms with van der Waals surface area (Å²) in [5.41, 5.74) is 5.36. The van der Waals surface area contributed by atoms with E-state index in [1.807, 2.05) is 13.8 Å². The second kappa shape index (κ2) is 7.17. The van der Waals surface area contributed by atoms with E-state index in [2.05, 4.69) is 24.1 Å². The first-order chi connectivity index (χ1) is 9.32. The van der Waals surface area contributed by atoms with Gasteiger partial charge in [0.05, 0.1) is 0 Å². The van der Waals surface area contributed by atoms with Gasteiger partial charge in [-0.05, 0) is 24.7 Å². The van der Waals surface area contributed by atoms with Crippen LogP contribution in [0.5, 0.6) is 0 Å². The van der Waals surface area contributed by atoms with Crippen LogP contribution in [0.1, 0.15) is 40.5 Å². The fourth-order valence-electron chi connectivity index (χ4n) is 2.03. The molecule has 1 aromatic heterocycles.